The molecule has 3 nitrogen and oxygen atoms in total. The Morgan fingerprint density at radius 3 is 3.18 bits per heavy atom. The minimum Gasteiger partial charge on any atom is -0.317 e. The van der Waals surface area contributed by atoms with Gasteiger partial charge in [0, 0.05) is 11.4 Å². The second-order valence-corrected chi connectivity index (χ2v) is 3.95. The van der Waals surface area contributed by atoms with Gasteiger partial charge in [0.1, 0.15) is 11.4 Å². The molecular weight excluding hydrogens is 160 g/mol. The lowest BCUT2D eigenvalue weighted by atomic mass is 10.1. The second kappa shape index (κ2) is 2.25. The van der Waals surface area contributed by atoms with E-state index in [1.165, 1.54) is 0 Å². The number of nitrogens with two attached hydrogens (primary N) is 1. The van der Waals surface area contributed by atoms with E-state index in [4.69, 9.17) is 5.73 Å². The molecule has 2 atom stereocenters. The summed E-state index contributed by atoms with van der Waals surface area (Å²) in [5.41, 5.74) is 6.66. The van der Waals surface area contributed by atoms with Gasteiger partial charge >= 0.3 is 0 Å². The molecule has 0 aromatic heterocycles. The Labute approximate surface area is 69.6 Å². The first-order valence-corrected chi connectivity index (χ1v) is 4.63. The minimum absolute atomic E-state index is 0.0657. The quantitative estimate of drug-likeness (QED) is 0.526. The van der Waals surface area contributed by atoms with Crippen molar-refractivity contribution in [1.82, 2.24) is 4.90 Å². The number of fused-ring (bicyclic) bond motifs is 1. The fraction of sp³-hybridized carbons (Fsp3) is 0.571. The maximum Gasteiger partial charge on any atom is 0.247 e. The summed E-state index contributed by atoms with van der Waals surface area (Å²) in [4.78, 5) is 12.9. The summed E-state index contributed by atoms with van der Waals surface area (Å²) >= 11 is 1.73. The molecule has 0 saturated carbocycles. The van der Waals surface area contributed by atoms with Crippen LogP contribution in [0.3, 0.4) is 0 Å². The number of carbonyl (C=O) groups is 1. The van der Waals surface area contributed by atoms with E-state index >= 15 is 0 Å². The summed E-state index contributed by atoms with van der Waals surface area (Å²) in [6.45, 7) is 1.95. The van der Waals surface area contributed by atoms with Crippen LogP contribution >= 0.6 is 11.8 Å². The van der Waals surface area contributed by atoms with Gasteiger partial charge < -0.3 is 10.6 Å². The highest BCUT2D eigenvalue weighted by atomic mass is 32.2. The standard InChI is InChI=1S/C7H10N2OS/c1-4-2-3-11-7-5(8)6(10)9(4)7/h2,5,7H,3,8H2,1H3. The third kappa shape index (κ3) is 0.827. The number of hydrogen-bond donors (Lipinski definition) is 1. The number of hydrogen-bond acceptors (Lipinski definition) is 3. The highest BCUT2D eigenvalue weighted by Gasteiger charge is 2.47. The normalized spacial score (nSPS) is 36.0. The molecule has 0 aromatic rings. The van der Waals surface area contributed by atoms with Crippen LogP contribution in [0.4, 0.5) is 0 Å². The van der Waals surface area contributed by atoms with Crippen molar-refractivity contribution in [2.75, 3.05) is 5.75 Å². The van der Waals surface area contributed by atoms with Crippen LogP contribution in [0, 0.1) is 0 Å². The van der Waals surface area contributed by atoms with Gasteiger partial charge in [-0.2, -0.15) is 0 Å². The number of amides is 1. The van der Waals surface area contributed by atoms with E-state index < -0.39 is 0 Å². The predicted octanol–water partition coefficient (Wildman–Crippen LogP) is 0.133. The molecule has 11 heavy (non-hydrogen) atoms. The summed E-state index contributed by atoms with van der Waals surface area (Å²) < 4.78 is 0. The highest BCUT2D eigenvalue weighted by Crippen LogP contribution is 2.35. The monoisotopic (exact) mass is 170 g/mol. The molecule has 4 heteroatoms. The number of carbonyl (C=O) groups excluding carboxylic acids is 1. The smallest absolute Gasteiger partial charge is 0.247 e. The average Bonchev–Trinajstić information content (AvgIpc) is 2.03. The van der Waals surface area contributed by atoms with E-state index in [1.54, 1.807) is 16.7 Å². The molecule has 60 valence electrons. The lowest BCUT2D eigenvalue weighted by Crippen LogP contribution is -2.67. The van der Waals surface area contributed by atoms with Crippen molar-refractivity contribution in [1.29, 1.82) is 0 Å². The van der Waals surface area contributed by atoms with E-state index in [1.807, 2.05) is 6.92 Å². The maximum atomic E-state index is 11.2. The Balaban J connectivity index is 2.24. The van der Waals surface area contributed by atoms with Crippen LogP contribution in [-0.4, -0.2) is 28.0 Å². The van der Waals surface area contributed by atoms with Crippen molar-refractivity contribution in [2.45, 2.75) is 18.3 Å². The molecule has 2 aliphatic rings. The molecular formula is C7H10N2OS. The van der Waals surface area contributed by atoms with Crippen molar-refractivity contribution >= 4 is 17.7 Å². The van der Waals surface area contributed by atoms with E-state index in [9.17, 15) is 4.79 Å². The van der Waals surface area contributed by atoms with Gasteiger partial charge in [-0.15, -0.1) is 11.8 Å². The van der Waals surface area contributed by atoms with Crippen LogP contribution < -0.4 is 5.73 Å². The third-order valence-corrected chi connectivity index (χ3v) is 3.31. The van der Waals surface area contributed by atoms with Gasteiger partial charge in [0.25, 0.3) is 0 Å². The topological polar surface area (TPSA) is 46.3 Å². The van der Waals surface area contributed by atoms with Crippen molar-refractivity contribution in [3.05, 3.63) is 11.8 Å². The zero-order valence-electron chi connectivity index (χ0n) is 6.28. The highest BCUT2D eigenvalue weighted by molar-refractivity contribution is 8.00. The second-order valence-electron chi connectivity index (χ2n) is 2.80. The average molecular weight is 170 g/mol. The third-order valence-electron chi connectivity index (χ3n) is 2.11. The summed E-state index contributed by atoms with van der Waals surface area (Å²) in [6.07, 6.45) is 2.06. The summed E-state index contributed by atoms with van der Waals surface area (Å²) in [6, 6.07) is -0.261. The molecule has 0 aromatic carbocycles. The zero-order chi connectivity index (χ0) is 8.01. The van der Waals surface area contributed by atoms with Crippen LogP contribution in [0.1, 0.15) is 6.92 Å². The van der Waals surface area contributed by atoms with Crippen molar-refractivity contribution in [3.63, 3.8) is 0 Å². The molecule has 1 saturated heterocycles. The first-order chi connectivity index (χ1) is 5.22. The molecule has 2 aliphatic heterocycles. The minimum atomic E-state index is -0.261. The van der Waals surface area contributed by atoms with Gasteiger partial charge in [0.15, 0.2) is 0 Å². The SMILES string of the molecule is CC1=CCSC2C(N)C(=O)N12. The Bertz CT molecular complexity index is 239. The Morgan fingerprint density at radius 2 is 2.55 bits per heavy atom. The molecule has 0 bridgehead atoms. The van der Waals surface area contributed by atoms with E-state index in [2.05, 4.69) is 6.08 Å². The first kappa shape index (κ1) is 7.18. The van der Waals surface area contributed by atoms with Gasteiger partial charge in [-0.1, -0.05) is 6.08 Å². The Hall–Kier alpha value is -0.480. The fourth-order valence-electron chi connectivity index (χ4n) is 1.40. The molecule has 0 radical (unpaired) electrons. The van der Waals surface area contributed by atoms with Crippen molar-refractivity contribution in [3.8, 4) is 0 Å². The van der Waals surface area contributed by atoms with Crippen LogP contribution in [0.5, 0.6) is 0 Å². The summed E-state index contributed by atoms with van der Waals surface area (Å²) in [7, 11) is 0. The number of nitrogens with zero attached hydrogens (tertiary/aromatic N) is 1. The lowest BCUT2D eigenvalue weighted by molar-refractivity contribution is -0.141. The summed E-state index contributed by atoms with van der Waals surface area (Å²) in [5.74, 6) is 1.05. The molecule has 2 heterocycles. The van der Waals surface area contributed by atoms with Crippen molar-refractivity contribution in [2.24, 2.45) is 5.73 Å². The lowest BCUT2D eigenvalue weighted by Gasteiger charge is -2.47. The summed E-state index contributed by atoms with van der Waals surface area (Å²) in [5, 5.41) is 0.215. The number of β-lactam (4-membered cyclic amide) rings is 1. The van der Waals surface area contributed by atoms with Crippen LogP contribution in [-0.2, 0) is 4.79 Å². The molecule has 1 fully saturated rings. The van der Waals surface area contributed by atoms with Crippen LogP contribution in [0.25, 0.3) is 0 Å². The van der Waals surface area contributed by atoms with Gasteiger partial charge in [0.2, 0.25) is 5.91 Å². The molecule has 0 aliphatic carbocycles. The van der Waals surface area contributed by atoms with Gasteiger partial charge in [0.05, 0.1) is 0 Å². The van der Waals surface area contributed by atoms with Gasteiger partial charge in [-0.3, -0.25) is 4.79 Å². The largest absolute Gasteiger partial charge is 0.317 e. The first-order valence-electron chi connectivity index (χ1n) is 3.59. The Morgan fingerprint density at radius 1 is 1.82 bits per heavy atom. The molecule has 2 rings (SSSR count). The van der Waals surface area contributed by atoms with Crippen LogP contribution in [0.2, 0.25) is 0 Å². The van der Waals surface area contributed by atoms with Gasteiger partial charge in [-0.05, 0) is 6.92 Å². The molecule has 2 unspecified atom stereocenters. The molecule has 2 N–H and O–H groups in total. The molecule has 0 spiro atoms. The zero-order valence-corrected chi connectivity index (χ0v) is 7.10. The maximum absolute atomic E-state index is 11.2. The van der Waals surface area contributed by atoms with Crippen LogP contribution in [0.15, 0.2) is 11.8 Å². The molecule has 1 amide bonds. The predicted molar refractivity (Wildman–Crippen MR) is 44.8 cm³/mol. The fourth-order valence-corrected chi connectivity index (χ4v) is 2.68. The number of allylic oxidation sites excluding steroid dienone is 1. The van der Waals surface area contributed by atoms with Crippen molar-refractivity contribution < 1.29 is 4.79 Å². The Kier molecular flexibility index (Phi) is 1.47. The number of rotatable bonds is 0. The van der Waals surface area contributed by atoms with E-state index in [0.717, 1.165) is 11.4 Å². The van der Waals surface area contributed by atoms with E-state index in [0.29, 0.717) is 0 Å². The van der Waals surface area contributed by atoms with Gasteiger partial charge in [-0.25, -0.2) is 0 Å². The number of thioether (sulfide) groups is 1. The van der Waals surface area contributed by atoms with E-state index in [-0.39, 0.29) is 17.3 Å².